The van der Waals surface area contributed by atoms with Crippen molar-refractivity contribution in [1.82, 2.24) is 10.2 Å². The second-order valence-electron chi connectivity index (χ2n) is 7.03. The highest BCUT2D eigenvalue weighted by atomic mass is 15.3. The Morgan fingerprint density at radius 3 is 2.57 bits per heavy atom. The van der Waals surface area contributed by atoms with Crippen LogP contribution in [0, 0.1) is 12.8 Å². The van der Waals surface area contributed by atoms with Gasteiger partial charge in [-0.2, -0.15) is 0 Å². The molecule has 21 heavy (non-hydrogen) atoms. The van der Waals surface area contributed by atoms with Crippen LogP contribution < -0.4 is 5.32 Å². The van der Waals surface area contributed by atoms with Crippen LogP contribution in [-0.4, -0.2) is 29.6 Å². The summed E-state index contributed by atoms with van der Waals surface area (Å²) in [5.74, 6) is 0.691. The number of aryl methyl sites for hydroxylation is 1. The Bertz CT molecular complexity index is 449. The van der Waals surface area contributed by atoms with E-state index in [0.29, 0.717) is 17.5 Å². The first-order valence-electron chi connectivity index (χ1n) is 8.54. The van der Waals surface area contributed by atoms with E-state index in [1.54, 1.807) is 0 Å². The van der Waals surface area contributed by atoms with Gasteiger partial charge in [0.15, 0.2) is 0 Å². The van der Waals surface area contributed by atoms with E-state index in [0.717, 1.165) is 19.6 Å². The van der Waals surface area contributed by atoms with Crippen molar-refractivity contribution in [3.05, 3.63) is 35.4 Å². The molecule has 0 aromatic heterocycles. The fourth-order valence-corrected chi connectivity index (χ4v) is 3.59. The van der Waals surface area contributed by atoms with Crippen LogP contribution in [0.5, 0.6) is 0 Å². The van der Waals surface area contributed by atoms with Gasteiger partial charge in [0.25, 0.3) is 0 Å². The van der Waals surface area contributed by atoms with Gasteiger partial charge in [0, 0.05) is 31.2 Å². The van der Waals surface area contributed by atoms with Crippen LogP contribution in [0.1, 0.15) is 51.7 Å². The highest BCUT2D eigenvalue weighted by Crippen LogP contribution is 2.30. The van der Waals surface area contributed by atoms with Crippen LogP contribution in [0.3, 0.4) is 0 Å². The molecule has 0 bridgehead atoms. The molecule has 1 atom stereocenters. The van der Waals surface area contributed by atoms with Crippen molar-refractivity contribution in [2.45, 2.75) is 65.6 Å². The first-order valence-corrected chi connectivity index (χ1v) is 8.54. The highest BCUT2D eigenvalue weighted by molar-refractivity contribution is 5.22. The molecule has 118 valence electrons. The fourth-order valence-electron chi connectivity index (χ4n) is 3.59. The third-order valence-electron chi connectivity index (χ3n) is 5.36. The lowest BCUT2D eigenvalue weighted by atomic mass is 9.85. The van der Waals surface area contributed by atoms with Crippen molar-refractivity contribution in [2.24, 2.45) is 5.92 Å². The minimum atomic E-state index is 0.315. The number of nitrogens with zero attached hydrogens (tertiary/aromatic N) is 1. The maximum Gasteiger partial charge on any atom is 0.0333 e. The van der Waals surface area contributed by atoms with Crippen LogP contribution in [0.25, 0.3) is 0 Å². The number of hydrogen-bond donors (Lipinski definition) is 1. The Balaban J connectivity index is 2.20. The van der Waals surface area contributed by atoms with E-state index in [1.165, 1.54) is 24.0 Å². The Hall–Kier alpha value is -0.860. The molecule has 1 aliphatic heterocycles. The van der Waals surface area contributed by atoms with E-state index < -0.39 is 0 Å². The number of rotatable bonds is 5. The smallest absolute Gasteiger partial charge is 0.0333 e. The van der Waals surface area contributed by atoms with E-state index in [-0.39, 0.29) is 0 Å². The monoisotopic (exact) mass is 288 g/mol. The minimum Gasteiger partial charge on any atom is -0.311 e. The van der Waals surface area contributed by atoms with Crippen LogP contribution in [0.15, 0.2) is 24.3 Å². The zero-order chi connectivity index (χ0) is 15.5. The van der Waals surface area contributed by atoms with Crippen molar-refractivity contribution in [1.29, 1.82) is 0 Å². The SMILES string of the molecule is CCC1(CC)CNC(C(C)C)CN1Cc1cccc(C)c1. The number of hydrogen-bond acceptors (Lipinski definition) is 2. The normalized spacial score (nSPS) is 22.7. The molecule has 2 heteroatoms. The lowest BCUT2D eigenvalue weighted by molar-refractivity contribution is 0.0156. The van der Waals surface area contributed by atoms with Crippen molar-refractivity contribution in [2.75, 3.05) is 13.1 Å². The van der Waals surface area contributed by atoms with E-state index in [4.69, 9.17) is 0 Å². The van der Waals surface area contributed by atoms with Gasteiger partial charge in [-0.25, -0.2) is 0 Å². The summed E-state index contributed by atoms with van der Waals surface area (Å²) >= 11 is 0. The average molecular weight is 288 g/mol. The summed E-state index contributed by atoms with van der Waals surface area (Å²) in [4.78, 5) is 2.74. The molecular formula is C19H32N2. The summed E-state index contributed by atoms with van der Waals surface area (Å²) in [5.41, 5.74) is 3.13. The minimum absolute atomic E-state index is 0.315. The van der Waals surface area contributed by atoms with Gasteiger partial charge < -0.3 is 5.32 Å². The van der Waals surface area contributed by atoms with Crippen molar-refractivity contribution < 1.29 is 0 Å². The van der Waals surface area contributed by atoms with E-state index >= 15 is 0 Å². The topological polar surface area (TPSA) is 15.3 Å². The average Bonchev–Trinajstić information content (AvgIpc) is 2.47. The second kappa shape index (κ2) is 6.93. The molecule has 0 spiro atoms. The lowest BCUT2D eigenvalue weighted by Gasteiger charge is -2.50. The molecule has 1 aliphatic rings. The van der Waals surface area contributed by atoms with Gasteiger partial charge in [-0.15, -0.1) is 0 Å². The molecule has 1 unspecified atom stereocenters. The summed E-state index contributed by atoms with van der Waals surface area (Å²) in [6, 6.07) is 9.59. The van der Waals surface area contributed by atoms with Gasteiger partial charge in [-0.3, -0.25) is 4.90 Å². The summed E-state index contributed by atoms with van der Waals surface area (Å²) in [6.07, 6.45) is 2.43. The molecule has 2 nitrogen and oxygen atoms in total. The van der Waals surface area contributed by atoms with Crippen molar-refractivity contribution >= 4 is 0 Å². The molecule has 0 aliphatic carbocycles. The van der Waals surface area contributed by atoms with Crippen molar-refractivity contribution in [3.63, 3.8) is 0 Å². The molecule has 1 saturated heterocycles. The van der Waals surface area contributed by atoms with Crippen LogP contribution >= 0.6 is 0 Å². The lowest BCUT2D eigenvalue weighted by Crippen LogP contribution is -2.64. The summed E-state index contributed by atoms with van der Waals surface area (Å²) in [6.45, 7) is 14.9. The third-order valence-corrected chi connectivity index (χ3v) is 5.36. The van der Waals surface area contributed by atoms with Gasteiger partial charge >= 0.3 is 0 Å². The van der Waals surface area contributed by atoms with Gasteiger partial charge in [0.05, 0.1) is 0 Å². The van der Waals surface area contributed by atoms with Crippen LogP contribution in [-0.2, 0) is 6.54 Å². The quantitative estimate of drug-likeness (QED) is 0.881. The number of piperazine rings is 1. The zero-order valence-corrected chi connectivity index (χ0v) is 14.4. The van der Waals surface area contributed by atoms with Gasteiger partial charge in [-0.1, -0.05) is 57.5 Å². The molecule has 1 fully saturated rings. The third kappa shape index (κ3) is 3.67. The summed E-state index contributed by atoms with van der Waals surface area (Å²) < 4.78 is 0. The maximum atomic E-state index is 3.80. The van der Waals surface area contributed by atoms with Gasteiger partial charge in [0.1, 0.15) is 0 Å². The van der Waals surface area contributed by atoms with Gasteiger partial charge in [0.2, 0.25) is 0 Å². The molecular weight excluding hydrogens is 256 g/mol. The predicted molar refractivity (Wildman–Crippen MR) is 91.5 cm³/mol. The molecule has 0 amide bonds. The van der Waals surface area contributed by atoms with Crippen LogP contribution in [0.4, 0.5) is 0 Å². The van der Waals surface area contributed by atoms with Crippen LogP contribution in [0.2, 0.25) is 0 Å². The first-order chi connectivity index (χ1) is 10.0. The summed E-state index contributed by atoms with van der Waals surface area (Å²) in [7, 11) is 0. The Morgan fingerprint density at radius 1 is 1.29 bits per heavy atom. The number of benzene rings is 1. The molecule has 0 saturated carbocycles. The highest BCUT2D eigenvalue weighted by Gasteiger charge is 2.39. The predicted octanol–water partition coefficient (Wildman–Crippen LogP) is 3.98. The summed E-state index contributed by atoms with van der Waals surface area (Å²) in [5, 5.41) is 3.80. The fraction of sp³-hybridized carbons (Fsp3) is 0.684. The molecule has 1 N–H and O–H groups in total. The molecule has 1 aromatic carbocycles. The largest absolute Gasteiger partial charge is 0.311 e. The Kier molecular flexibility index (Phi) is 5.45. The Morgan fingerprint density at radius 2 is 2.00 bits per heavy atom. The Labute approximate surface area is 130 Å². The second-order valence-corrected chi connectivity index (χ2v) is 7.03. The zero-order valence-electron chi connectivity index (χ0n) is 14.4. The number of nitrogens with one attached hydrogen (secondary N) is 1. The molecule has 1 aromatic rings. The van der Waals surface area contributed by atoms with E-state index in [9.17, 15) is 0 Å². The molecule has 2 rings (SSSR count). The van der Waals surface area contributed by atoms with E-state index in [1.807, 2.05) is 0 Å². The van der Waals surface area contributed by atoms with Crippen molar-refractivity contribution in [3.8, 4) is 0 Å². The van der Waals surface area contributed by atoms with Gasteiger partial charge in [-0.05, 0) is 31.2 Å². The standard InChI is InChI=1S/C19H32N2/c1-6-19(7-2)14-20-18(15(3)4)13-21(19)12-17-10-8-9-16(5)11-17/h8-11,15,18,20H,6-7,12-14H2,1-5H3. The molecule has 0 radical (unpaired) electrons. The maximum absolute atomic E-state index is 3.80. The first kappa shape index (κ1) is 16.5. The van der Waals surface area contributed by atoms with E-state index in [2.05, 4.69) is 69.1 Å². The molecule has 1 heterocycles.